The van der Waals surface area contributed by atoms with E-state index in [4.69, 9.17) is 23.1 Å². The predicted molar refractivity (Wildman–Crippen MR) is 96.9 cm³/mol. The molecule has 2 rings (SSSR count). The molecule has 2 aromatic rings. The molecule has 0 unspecified atom stereocenters. The smallest absolute Gasteiger partial charge is 0.162 e. The lowest BCUT2D eigenvalue weighted by Crippen LogP contribution is -2.03. The number of hydrogen-bond acceptors (Lipinski definition) is 4. The van der Waals surface area contributed by atoms with E-state index in [-0.39, 0.29) is 15.7 Å². The fourth-order valence-corrected chi connectivity index (χ4v) is 3.30. The van der Waals surface area contributed by atoms with Crippen molar-refractivity contribution in [3.8, 4) is 0 Å². The highest BCUT2D eigenvalue weighted by Gasteiger charge is 2.17. The fourth-order valence-electron chi connectivity index (χ4n) is 2.04. The molecule has 0 aliphatic rings. The maximum atomic E-state index is 13.9. The van der Waals surface area contributed by atoms with Crippen molar-refractivity contribution in [3.05, 3.63) is 46.2 Å². The average Bonchev–Trinajstić information content (AvgIpc) is 2.51. The minimum absolute atomic E-state index is 0.133. The summed E-state index contributed by atoms with van der Waals surface area (Å²) in [6, 6.07) is 6.05. The van der Waals surface area contributed by atoms with Crippen molar-refractivity contribution in [2.75, 3.05) is 11.5 Å². The van der Waals surface area contributed by atoms with Crippen molar-refractivity contribution in [1.82, 2.24) is 0 Å². The molecule has 2 aromatic carbocycles. The summed E-state index contributed by atoms with van der Waals surface area (Å²) in [4.78, 5) is 12.6. The Morgan fingerprint density at radius 1 is 1.13 bits per heavy atom. The number of benzene rings is 2. The van der Waals surface area contributed by atoms with Crippen LogP contribution in [0.5, 0.6) is 0 Å². The summed E-state index contributed by atoms with van der Waals surface area (Å²) >= 11 is 7.18. The number of rotatable bonds is 3. The normalized spacial score (nSPS) is 10.0. The van der Waals surface area contributed by atoms with Gasteiger partial charge in [0.25, 0.3) is 0 Å². The Balaban J connectivity index is 0.00000127. The van der Waals surface area contributed by atoms with Gasteiger partial charge in [0.05, 0.1) is 15.6 Å². The molecule has 0 bridgehead atoms. The Morgan fingerprint density at radius 2 is 1.70 bits per heavy atom. The van der Waals surface area contributed by atoms with Gasteiger partial charge in [-0.1, -0.05) is 37.2 Å². The zero-order chi connectivity index (χ0) is 17.7. The zero-order valence-corrected chi connectivity index (χ0v) is 15.1. The number of nitrogens with two attached hydrogens (primary N) is 2. The van der Waals surface area contributed by atoms with Gasteiger partial charge < -0.3 is 11.5 Å². The lowest BCUT2D eigenvalue weighted by Gasteiger charge is -2.13. The zero-order valence-electron chi connectivity index (χ0n) is 13.5. The number of hydrogen-bond donors (Lipinski definition) is 2. The Labute approximate surface area is 145 Å². The number of carbonyl (C=O) groups is 1. The van der Waals surface area contributed by atoms with Crippen molar-refractivity contribution < 1.29 is 9.18 Å². The molecule has 23 heavy (non-hydrogen) atoms. The molecule has 0 heterocycles. The van der Waals surface area contributed by atoms with Crippen molar-refractivity contribution in [2.45, 2.75) is 37.5 Å². The molecule has 0 fully saturated rings. The molecule has 0 radical (unpaired) electrons. The number of nitrogen functional groups attached to an aromatic ring is 2. The number of Topliss-reactive ketones (excluding diaryl/α,β-unsaturated/α-hetero) is 1. The second-order valence-corrected chi connectivity index (χ2v) is 6.02. The van der Waals surface area contributed by atoms with E-state index in [0.29, 0.717) is 27.4 Å². The van der Waals surface area contributed by atoms with Gasteiger partial charge in [-0.15, -0.1) is 0 Å². The molecule has 0 aliphatic carbocycles. The molecule has 0 aromatic heterocycles. The monoisotopic (exact) mass is 354 g/mol. The maximum Gasteiger partial charge on any atom is 0.162 e. The summed E-state index contributed by atoms with van der Waals surface area (Å²) in [6.45, 7) is 7.22. The maximum absolute atomic E-state index is 13.9. The van der Waals surface area contributed by atoms with Crippen LogP contribution in [-0.4, -0.2) is 5.78 Å². The van der Waals surface area contributed by atoms with Gasteiger partial charge in [0, 0.05) is 16.1 Å². The van der Waals surface area contributed by atoms with E-state index in [1.807, 2.05) is 13.8 Å². The van der Waals surface area contributed by atoms with Gasteiger partial charge in [-0.2, -0.15) is 0 Å². The molecule has 0 saturated heterocycles. The lowest BCUT2D eigenvalue weighted by molar-refractivity contribution is 0.101. The van der Waals surface area contributed by atoms with Gasteiger partial charge in [-0.25, -0.2) is 4.39 Å². The summed E-state index contributed by atoms with van der Waals surface area (Å²) in [5, 5.41) is 0.167. The first-order valence-electron chi connectivity index (χ1n) is 7.14. The highest BCUT2D eigenvalue weighted by Crippen LogP contribution is 2.40. The first-order chi connectivity index (χ1) is 10.8. The number of halogens is 2. The fraction of sp³-hybridized carbons (Fsp3) is 0.235. The lowest BCUT2D eigenvalue weighted by atomic mass is 10.0. The van der Waals surface area contributed by atoms with Crippen LogP contribution in [0.2, 0.25) is 5.02 Å². The standard InChI is InChI=1S/C15H14ClFN2OS.C2H6/c1-7-12(6-5-10(18)13(7)8(2)20)21-15-9(17)3-4-11(19)14(15)16;1-2/h3-6H,18-19H2,1-2H3;1-2H3. The molecular formula is C17H20ClFN2OS. The largest absolute Gasteiger partial charge is 0.398 e. The molecule has 4 N–H and O–H groups in total. The predicted octanol–water partition coefficient (Wildman–Crippen LogP) is 5.33. The Kier molecular flexibility index (Phi) is 6.91. The Bertz CT molecular complexity index is 735. The number of anilines is 2. The van der Waals surface area contributed by atoms with Crippen LogP contribution in [0.15, 0.2) is 34.1 Å². The van der Waals surface area contributed by atoms with Gasteiger partial charge in [0.2, 0.25) is 0 Å². The number of ketones is 1. The van der Waals surface area contributed by atoms with Gasteiger partial charge in [-0.05, 0) is 43.7 Å². The highest BCUT2D eigenvalue weighted by molar-refractivity contribution is 7.99. The summed E-state index contributed by atoms with van der Waals surface area (Å²) < 4.78 is 13.9. The molecular weight excluding hydrogens is 335 g/mol. The van der Waals surface area contributed by atoms with E-state index in [2.05, 4.69) is 0 Å². The molecule has 0 amide bonds. The average molecular weight is 355 g/mol. The third-order valence-electron chi connectivity index (χ3n) is 3.09. The topological polar surface area (TPSA) is 69.1 Å². The molecule has 124 valence electrons. The Hall–Kier alpha value is -1.72. The summed E-state index contributed by atoms with van der Waals surface area (Å²) in [5.41, 5.74) is 13.4. The summed E-state index contributed by atoms with van der Waals surface area (Å²) in [5.74, 6) is -0.591. The highest BCUT2D eigenvalue weighted by atomic mass is 35.5. The van der Waals surface area contributed by atoms with E-state index in [9.17, 15) is 9.18 Å². The molecule has 3 nitrogen and oxygen atoms in total. The van der Waals surface area contributed by atoms with E-state index < -0.39 is 5.82 Å². The van der Waals surface area contributed by atoms with Crippen LogP contribution in [-0.2, 0) is 0 Å². The third-order valence-corrected chi connectivity index (χ3v) is 4.88. The first-order valence-corrected chi connectivity index (χ1v) is 8.33. The quantitative estimate of drug-likeness (QED) is 0.577. The van der Waals surface area contributed by atoms with Crippen LogP contribution in [0.4, 0.5) is 15.8 Å². The molecule has 0 saturated carbocycles. The minimum atomic E-state index is -0.459. The van der Waals surface area contributed by atoms with Crippen molar-refractivity contribution in [3.63, 3.8) is 0 Å². The van der Waals surface area contributed by atoms with Crippen molar-refractivity contribution in [2.24, 2.45) is 0 Å². The summed E-state index contributed by atoms with van der Waals surface area (Å²) in [7, 11) is 0. The van der Waals surface area contributed by atoms with Crippen molar-refractivity contribution >= 4 is 40.5 Å². The van der Waals surface area contributed by atoms with Crippen LogP contribution in [0.25, 0.3) is 0 Å². The summed E-state index contributed by atoms with van der Waals surface area (Å²) in [6.07, 6.45) is 0. The van der Waals surface area contributed by atoms with Crippen LogP contribution >= 0.6 is 23.4 Å². The molecule has 6 heteroatoms. The molecule has 0 atom stereocenters. The second kappa shape index (κ2) is 8.22. The van der Waals surface area contributed by atoms with E-state index >= 15 is 0 Å². The van der Waals surface area contributed by atoms with Gasteiger partial charge in [0.1, 0.15) is 5.82 Å². The third kappa shape index (κ3) is 4.18. The van der Waals surface area contributed by atoms with Crippen LogP contribution in [0, 0.1) is 12.7 Å². The second-order valence-electron chi connectivity index (χ2n) is 4.59. The van der Waals surface area contributed by atoms with Gasteiger partial charge in [-0.3, -0.25) is 4.79 Å². The van der Waals surface area contributed by atoms with E-state index in [1.165, 1.54) is 19.1 Å². The first kappa shape index (κ1) is 19.3. The van der Waals surface area contributed by atoms with Crippen molar-refractivity contribution in [1.29, 1.82) is 0 Å². The van der Waals surface area contributed by atoms with Gasteiger partial charge >= 0.3 is 0 Å². The van der Waals surface area contributed by atoms with E-state index in [1.54, 1.807) is 19.1 Å². The minimum Gasteiger partial charge on any atom is -0.398 e. The molecule has 0 spiro atoms. The molecule has 0 aliphatic heterocycles. The van der Waals surface area contributed by atoms with Gasteiger partial charge in [0.15, 0.2) is 5.78 Å². The van der Waals surface area contributed by atoms with E-state index in [0.717, 1.165) is 11.8 Å². The Morgan fingerprint density at radius 3 is 2.26 bits per heavy atom. The van der Waals surface area contributed by atoms with Crippen LogP contribution in [0.3, 0.4) is 0 Å². The SMILES string of the molecule is CC.CC(=O)c1c(N)ccc(Sc2c(F)ccc(N)c2Cl)c1C. The number of carbonyl (C=O) groups excluding carboxylic acids is 1. The van der Waals surface area contributed by atoms with Crippen LogP contribution < -0.4 is 11.5 Å². The van der Waals surface area contributed by atoms with Crippen LogP contribution in [0.1, 0.15) is 36.7 Å².